The van der Waals surface area contributed by atoms with Crippen LogP contribution in [0.4, 0.5) is 0 Å². The Morgan fingerprint density at radius 1 is 0.554 bits per heavy atom. The molecule has 2 bridgehead atoms. The van der Waals surface area contributed by atoms with Crippen molar-refractivity contribution in [3.05, 3.63) is 137 Å². The Morgan fingerprint density at radius 2 is 1.12 bits per heavy atom. The molecule has 0 heterocycles. The zero-order valence-corrected chi connectivity index (χ0v) is 37.7. The number of benzene rings is 4. The van der Waals surface area contributed by atoms with Gasteiger partial charge in [-0.3, -0.25) is 0 Å². The van der Waals surface area contributed by atoms with Crippen molar-refractivity contribution >= 4 is 0 Å². The first-order valence-corrected chi connectivity index (χ1v) is 23.1. The van der Waals surface area contributed by atoms with E-state index in [0.29, 0.717) is 5.92 Å². The number of ether oxygens (including phenoxy) is 1. The van der Waals surface area contributed by atoms with Crippen LogP contribution in [0.5, 0.6) is 5.75 Å². The van der Waals surface area contributed by atoms with Gasteiger partial charge >= 0.3 is 0 Å². The van der Waals surface area contributed by atoms with Crippen molar-refractivity contribution in [2.45, 2.75) is 170 Å². The van der Waals surface area contributed by atoms with Crippen LogP contribution < -0.4 is 4.74 Å². The van der Waals surface area contributed by atoms with E-state index in [2.05, 4.69) is 146 Å². The lowest BCUT2D eigenvalue weighted by Crippen LogP contribution is -2.08. The minimum absolute atomic E-state index is 0.654. The van der Waals surface area contributed by atoms with E-state index < -0.39 is 0 Å². The highest BCUT2D eigenvalue weighted by molar-refractivity contribution is 5.28. The Labute approximate surface area is 347 Å². The molecule has 7 rings (SSSR count). The molecule has 1 heteroatoms. The molecule has 0 spiro atoms. The lowest BCUT2D eigenvalue weighted by molar-refractivity contribution is 0.324. The van der Waals surface area contributed by atoms with Gasteiger partial charge in [0.1, 0.15) is 5.75 Å². The van der Waals surface area contributed by atoms with Crippen LogP contribution in [0.3, 0.4) is 0 Å². The lowest BCUT2D eigenvalue weighted by atomic mass is 9.86. The zero-order valence-electron chi connectivity index (χ0n) is 37.7. The van der Waals surface area contributed by atoms with Crippen molar-refractivity contribution in [1.82, 2.24) is 0 Å². The Morgan fingerprint density at radius 3 is 1.55 bits per heavy atom. The molecule has 0 N–H and O–H groups in total. The summed E-state index contributed by atoms with van der Waals surface area (Å²) in [6, 6.07) is 38.0. The average molecular weight is 761 g/mol. The molecule has 4 aromatic carbocycles. The van der Waals surface area contributed by atoms with E-state index in [-0.39, 0.29) is 0 Å². The first kappa shape index (κ1) is 48.8. The summed E-state index contributed by atoms with van der Waals surface area (Å²) in [4.78, 5) is 0. The smallest absolute Gasteiger partial charge is 0.119 e. The Bertz CT molecular complexity index is 1430. The molecule has 3 aliphatic rings. The Kier molecular flexibility index (Phi) is 26.8. The fourth-order valence-electron chi connectivity index (χ4n) is 8.44. The van der Waals surface area contributed by atoms with Gasteiger partial charge in [0.15, 0.2) is 0 Å². The Balaban J connectivity index is 0.000000233. The fraction of sp³-hybridized carbons (Fsp3) is 0.564. The summed E-state index contributed by atoms with van der Waals surface area (Å²) in [5.74, 6) is 6.13. The SMILES string of the molecule is CCC1CC2CCC1C2.CCCC1CCCCC1.CCCc1ccccc1.CCc1ccc(C(C)C)cc1.CCc1cccc(OC)c1.CCc1ccccc1. The van der Waals surface area contributed by atoms with Gasteiger partial charge in [0.2, 0.25) is 0 Å². The van der Waals surface area contributed by atoms with Gasteiger partial charge in [0, 0.05) is 0 Å². The number of aryl methyl sites for hydroxylation is 4. The summed E-state index contributed by atoms with van der Waals surface area (Å²) >= 11 is 0. The van der Waals surface area contributed by atoms with E-state index in [1.165, 1.54) is 92.0 Å². The highest BCUT2D eigenvalue weighted by Crippen LogP contribution is 2.49. The first-order chi connectivity index (χ1) is 27.3. The molecule has 1 nitrogen and oxygen atoms in total. The third kappa shape index (κ3) is 20.7. The number of methoxy groups -OCH3 is 1. The van der Waals surface area contributed by atoms with Crippen LogP contribution in [0.1, 0.15) is 173 Å². The summed E-state index contributed by atoms with van der Waals surface area (Å²) in [5, 5.41) is 0. The highest BCUT2D eigenvalue weighted by Gasteiger charge is 2.38. The summed E-state index contributed by atoms with van der Waals surface area (Å²) in [6.07, 6.45) is 23.9. The van der Waals surface area contributed by atoms with E-state index in [0.717, 1.165) is 48.7 Å². The van der Waals surface area contributed by atoms with Crippen molar-refractivity contribution in [3.8, 4) is 5.75 Å². The van der Waals surface area contributed by atoms with Crippen LogP contribution in [0.2, 0.25) is 0 Å². The van der Waals surface area contributed by atoms with Crippen LogP contribution in [0, 0.1) is 23.7 Å². The van der Waals surface area contributed by atoms with Crippen LogP contribution in [0.15, 0.2) is 109 Å². The van der Waals surface area contributed by atoms with E-state index in [1.807, 2.05) is 18.2 Å². The van der Waals surface area contributed by atoms with Crippen LogP contribution in [0.25, 0.3) is 0 Å². The molecule has 4 aromatic rings. The fourth-order valence-corrected chi connectivity index (χ4v) is 8.44. The molecule has 0 amide bonds. The molecule has 0 aromatic heterocycles. The molecule has 310 valence electrons. The molecule has 0 saturated heterocycles. The van der Waals surface area contributed by atoms with Crippen molar-refractivity contribution < 1.29 is 4.74 Å². The van der Waals surface area contributed by atoms with E-state index in [1.54, 1.807) is 32.8 Å². The number of fused-ring (bicyclic) bond motifs is 2. The predicted molar refractivity (Wildman–Crippen MR) is 249 cm³/mol. The summed E-state index contributed by atoms with van der Waals surface area (Å²) in [5.41, 5.74) is 7.03. The van der Waals surface area contributed by atoms with E-state index in [4.69, 9.17) is 4.74 Å². The van der Waals surface area contributed by atoms with Crippen LogP contribution >= 0.6 is 0 Å². The van der Waals surface area contributed by atoms with Crippen molar-refractivity contribution in [2.24, 2.45) is 23.7 Å². The summed E-state index contributed by atoms with van der Waals surface area (Å²) < 4.78 is 5.06. The van der Waals surface area contributed by atoms with Crippen molar-refractivity contribution in [2.75, 3.05) is 7.11 Å². The standard InChI is InChI=1S/C11H16.C9H12O.C9H16.C9H18.C9H12.C8H10/c1-4-10-5-7-11(8-6-10)9(2)3;1-3-8-5-4-6-9(7-8)10-2;1-2-8-5-7-3-4-9(8)6-7;2*1-2-6-9-7-4-3-5-8-9;1-2-8-6-4-3-5-7-8/h5-9H,4H2,1-3H3;4-7H,3H2,1-2H3;7-9H,2-6H2,1H3;9H,2-8H2,1H3;3-5,7-8H,2,6H2,1H3;3-7H,2H2,1H3. The monoisotopic (exact) mass is 761 g/mol. The number of hydrogen-bond acceptors (Lipinski definition) is 1. The van der Waals surface area contributed by atoms with Gasteiger partial charge < -0.3 is 4.74 Å². The number of hydrogen-bond donors (Lipinski definition) is 0. The highest BCUT2D eigenvalue weighted by atomic mass is 16.5. The molecule has 3 aliphatic carbocycles. The summed E-state index contributed by atoms with van der Waals surface area (Å²) in [6.45, 7) is 17.8. The molecule has 0 radical (unpaired) electrons. The lowest BCUT2D eigenvalue weighted by Gasteiger charge is -2.20. The molecule has 3 unspecified atom stereocenters. The van der Waals surface area contributed by atoms with Crippen molar-refractivity contribution in [3.63, 3.8) is 0 Å². The Hall–Kier alpha value is -3.32. The minimum atomic E-state index is 0.654. The van der Waals surface area contributed by atoms with Crippen molar-refractivity contribution in [1.29, 1.82) is 0 Å². The van der Waals surface area contributed by atoms with Crippen LogP contribution in [-0.2, 0) is 25.7 Å². The van der Waals surface area contributed by atoms with Gasteiger partial charge in [-0.2, -0.15) is 0 Å². The van der Waals surface area contributed by atoms with E-state index in [9.17, 15) is 0 Å². The normalized spacial score (nSPS) is 17.9. The zero-order chi connectivity index (χ0) is 40.8. The second-order valence-electron chi connectivity index (χ2n) is 16.7. The maximum Gasteiger partial charge on any atom is 0.119 e. The second-order valence-corrected chi connectivity index (χ2v) is 16.7. The maximum atomic E-state index is 5.06. The predicted octanol–water partition coefficient (Wildman–Crippen LogP) is 16.7. The van der Waals surface area contributed by atoms with E-state index >= 15 is 0 Å². The molecular weight excluding hydrogens is 677 g/mol. The molecule has 3 fully saturated rings. The molecule has 0 aliphatic heterocycles. The van der Waals surface area contributed by atoms with Gasteiger partial charge in [-0.15, -0.1) is 0 Å². The van der Waals surface area contributed by atoms with Gasteiger partial charge in [0.05, 0.1) is 7.11 Å². The average Bonchev–Trinajstić information content (AvgIpc) is 3.91. The topological polar surface area (TPSA) is 9.23 Å². The quantitative estimate of drug-likeness (QED) is 0.156. The third-order valence-corrected chi connectivity index (χ3v) is 12.1. The first-order valence-electron chi connectivity index (χ1n) is 23.1. The third-order valence-electron chi connectivity index (χ3n) is 12.1. The minimum Gasteiger partial charge on any atom is -0.497 e. The molecular formula is C55H84O. The van der Waals surface area contributed by atoms with Gasteiger partial charge in [0.25, 0.3) is 0 Å². The molecule has 56 heavy (non-hydrogen) atoms. The number of rotatable bonds is 10. The second kappa shape index (κ2) is 30.8. The van der Waals surface area contributed by atoms with Gasteiger partial charge in [-0.05, 0) is 114 Å². The summed E-state index contributed by atoms with van der Waals surface area (Å²) in [7, 11) is 1.69. The molecule has 3 atom stereocenters. The largest absolute Gasteiger partial charge is 0.497 e. The maximum absolute atomic E-state index is 5.06. The van der Waals surface area contributed by atoms with Crippen LogP contribution in [-0.4, -0.2) is 7.11 Å². The molecule has 3 saturated carbocycles. The van der Waals surface area contributed by atoms with Gasteiger partial charge in [-0.1, -0.05) is 217 Å². The van der Waals surface area contributed by atoms with Gasteiger partial charge in [-0.25, -0.2) is 0 Å².